The van der Waals surface area contributed by atoms with E-state index in [1.165, 1.54) is 0 Å². The van der Waals surface area contributed by atoms with Crippen LogP contribution in [0.25, 0.3) is 0 Å². The Balaban J connectivity index is 2.96. The molecule has 1 aromatic rings. The van der Waals surface area contributed by atoms with E-state index in [9.17, 15) is 14.2 Å². The fraction of sp³-hybridized carbons (Fsp3) is 0.733. The van der Waals surface area contributed by atoms with Crippen molar-refractivity contribution in [1.82, 2.24) is 0 Å². The Bertz CT molecular complexity index is 890. The Morgan fingerprint density at radius 1 is 0.875 bits per heavy atom. The quantitative estimate of drug-likeness (QED) is 0.0617. The van der Waals surface area contributed by atoms with E-state index in [2.05, 4.69) is 41.5 Å². The van der Waals surface area contributed by atoms with Gasteiger partial charge in [0.25, 0.3) is 0 Å². The maximum absolute atomic E-state index is 13.0. The molecule has 0 amide bonds. The molecule has 0 bridgehead atoms. The number of hydrogen-bond donors (Lipinski definition) is 0. The summed E-state index contributed by atoms with van der Waals surface area (Å²) in [5, 5.41) is 0. The van der Waals surface area contributed by atoms with E-state index in [4.69, 9.17) is 22.9 Å². The van der Waals surface area contributed by atoms with Crippen LogP contribution in [-0.2, 0) is 43.7 Å². The molecule has 0 aliphatic heterocycles. The Morgan fingerprint density at radius 2 is 1.43 bits per heavy atom. The Morgan fingerprint density at radius 3 is 1.93 bits per heavy atom. The number of rotatable bonds is 21. The topological polar surface area (TPSA) is 97.4 Å². The van der Waals surface area contributed by atoms with E-state index in [-0.39, 0.29) is 44.4 Å². The number of Topliss-reactive ketones (excluding diaryl/α,β-unsaturated/α-hetero) is 1. The molecule has 0 saturated carbocycles. The highest BCUT2D eigenvalue weighted by Crippen LogP contribution is 2.48. The lowest BCUT2D eigenvalue weighted by molar-refractivity contribution is -0.150. The van der Waals surface area contributed by atoms with Crippen molar-refractivity contribution in [3.63, 3.8) is 0 Å². The van der Waals surface area contributed by atoms with Crippen molar-refractivity contribution in [2.75, 3.05) is 32.6 Å². The standard InChI is InChI=1S/C30H53O8PSi/c1-10-35-39(33,36-11-2)22-30(32)38-29(19-28(31)17-18-34-21-27-15-13-12-14-16-27)26(9)20-37-40(23(3)4,24(5)6)25(7)8/h12-16,23-26,29H,10-11,17-22H2,1-9H3/t26-,29-/m1/s1. The van der Waals surface area contributed by atoms with E-state index in [1.54, 1.807) is 13.8 Å². The first-order valence-electron chi connectivity index (χ1n) is 14.7. The van der Waals surface area contributed by atoms with Crippen molar-refractivity contribution < 1.29 is 37.1 Å². The minimum atomic E-state index is -3.63. The molecule has 10 heteroatoms. The first-order valence-corrected chi connectivity index (χ1v) is 18.5. The fourth-order valence-corrected chi connectivity index (χ4v) is 12.4. The van der Waals surface area contributed by atoms with Crippen LogP contribution in [0.5, 0.6) is 0 Å². The number of ether oxygens (including phenoxy) is 2. The number of carbonyl (C=O) groups is 2. The summed E-state index contributed by atoms with van der Waals surface area (Å²) in [6.45, 7) is 19.9. The van der Waals surface area contributed by atoms with Gasteiger partial charge in [0.1, 0.15) is 18.0 Å². The maximum atomic E-state index is 13.0. The van der Waals surface area contributed by atoms with Gasteiger partial charge in [-0.3, -0.25) is 14.2 Å². The highest BCUT2D eigenvalue weighted by atomic mass is 31.2. The minimum Gasteiger partial charge on any atom is -0.461 e. The Kier molecular flexibility index (Phi) is 16.7. The van der Waals surface area contributed by atoms with Gasteiger partial charge >= 0.3 is 13.6 Å². The van der Waals surface area contributed by atoms with Gasteiger partial charge in [0.2, 0.25) is 0 Å². The van der Waals surface area contributed by atoms with Gasteiger partial charge in [0, 0.05) is 25.4 Å². The van der Waals surface area contributed by atoms with Crippen LogP contribution >= 0.6 is 7.60 Å². The number of esters is 1. The largest absolute Gasteiger partial charge is 0.461 e. The summed E-state index contributed by atoms with van der Waals surface area (Å²) in [5.41, 5.74) is 2.22. The molecule has 0 aliphatic carbocycles. The lowest BCUT2D eigenvalue weighted by Crippen LogP contribution is -2.49. The highest BCUT2D eigenvalue weighted by molar-refractivity contribution is 7.54. The van der Waals surface area contributed by atoms with E-state index in [0.29, 0.717) is 29.8 Å². The molecule has 1 rings (SSSR count). The maximum Gasteiger partial charge on any atom is 0.341 e. The molecule has 230 valence electrons. The molecule has 0 fully saturated rings. The molecule has 0 unspecified atom stereocenters. The van der Waals surface area contributed by atoms with Crippen LogP contribution in [0.4, 0.5) is 0 Å². The number of benzene rings is 1. The van der Waals surface area contributed by atoms with Crippen LogP contribution in [-0.4, -0.2) is 58.8 Å². The van der Waals surface area contributed by atoms with Gasteiger partial charge in [-0.05, 0) is 36.0 Å². The smallest absolute Gasteiger partial charge is 0.341 e. The van der Waals surface area contributed by atoms with Gasteiger partial charge in [0.05, 0.1) is 26.4 Å². The summed E-state index contributed by atoms with van der Waals surface area (Å²) < 4.78 is 41.7. The first-order chi connectivity index (χ1) is 18.8. The normalized spacial score (nSPS) is 14.1. The van der Waals surface area contributed by atoms with Crippen LogP contribution in [0.3, 0.4) is 0 Å². The Labute approximate surface area is 243 Å². The predicted molar refractivity (Wildman–Crippen MR) is 162 cm³/mol. The number of carbonyl (C=O) groups excluding carboxylic acids is 2. The molecule has 0 N–H and O–H groups in total. The summed E-state index contributed by atoms with van der Waals surface area (Å²) in [4.78, 5) is 25.9. The number of hydrogen-bond acceptors (Lipinski definition) is 8. The monoisotopic (exact) mass is 600 g/mol. The molecule has 0 spiro atoms. The highest BCUT2D eigenvalue weighted by Gasteiger charge is 2.45. The van der Waals surface area contributed by atoms with Gasteiger partial charge in [-0.2, -0.15) is 0 Å². The average Bonchev–Trinajstić information content (AvgIpc) is 2.86. The molecule has 0 aromatic heterocycles. The predicted octanol–water partition coefficient (Wildman–Crippen LogP) is 7.56. The summed E-state index contributed by atoms with van der Waals surface area (Å²) >= 11 is 0. The Hall–Kier alpha value is -1.35. The van der Waals surface area contributed by atoms with E-state index in [0.717, 1.165) is 5.56 Å². The van der Waals surface area contributed by atoms with Gasteiger partial charge in [0.15, 0.2) is 8.32 Å². The molecule has 8 nitrogen and oxygen atoms in total. The molecule has 40 heavy (non-hydrogen) atoms. The second kappa shape index (κ2) is 18.2. The van der Waals surface area contributed by atoms with Crippen LogP contribution in [0.1, 0.15) is 80.7 Å². The summed E-state index contributed by atoms with van der Waals surface area (Å²) in [5.74, 6) is -1.04. The molecule has 0 saturated heterocycles. The average molecular weight is 601 g/mol. The van der Waals surface area contributed by atoms with Crippen LogP contribution in [0.15, 0.2) is 30.3 Å². The SMILES string of the molecule is CCOP(=O)(CC(=O)O[C@H](CC(=O)CCOCc1ccccc1)[C@H](C)CO[Si](C(C)C)(C(C)C)C(C)C)OCC. The summed E-state index contributed by atoms with van der Waals surface area (Å²) in [6, 6.07) is 9.76. The minimum absolute atomic E-state index is 0.0259. The third kappa shape index (κ3) is 11.9. The second-order valence-corrected chi connectivity index (χ2v) is 18.8. The summed E-state index contributed by atoms with van der Waals surface area (Å²) in [6.07, 6.45) is -1.01. The third-order valence-electron chi connectivity index (χ3n) is 7.26. The van der Waals surface area contributed by atoms with Crippen molar-refractivity contribution in [3.8, 4) is 0 Å². The molecular formula is C30H53O8PSi. The lowest BCUT2D eigenvalue weighted by Gasteiger charge is -2.43. The van der Waals surface area contributed by atoms with E-state index in [1.807, 2.05) is 37.3 Å². The van der Waals surface area contributed by atoms with Crippen molar-refractivity contribution in [3.05, 3.63) is 35.9 Å². The lowest BCUT2D eigenvalue weighted by atomic mass is 9.99. The van der Waals surface area contributed by atoms with E-state index < -0.39 is 34.1 Å². The summed E-state index contributed by atoms with van der Waals surface area (Å²) in [7, 11) is -5.80. The van der Waals surface area contributed by atoms with Crippen LogP contribution < -0.4 is 0 Å². The van der Waals surface area contributed by atoms with Gasteiger partial charge in [-0.15, -0.1) is 0 Å². The molecular weight excluding hydrogens is 547 g/mol. The zero-order valence-electron chi connectivity index (χ0n) is 26.1. The molecule has 0 aliphatic rings. The van der Waals surface area contributed by atoms with Crippen molar-refractivity contribution in [2.24, 2.45) is 5.92 Å². The van der Waals surface area contributed by atoms with Crippen molar-refractivity contribution in [2.45, 2.75) is 104 Å². The zero-order chi connectivity index (χ0) is 30.3. The van der Waals surface area contributed by atoms with Crippen LogP contribution in [0, 0.1) is 5.92 Å². The van der Waals surface area contributed by atoms with Gasteiger partial charge < -0.3 is 22.9 Å². The van der Waals surface area contributed by atoms with E-state index >= 15 is 0 Å². The fourth-order valence-electron chi connectivity index (χ4n) is 5.40. The van der Waals surface area contributed by atoms with Gasteiger partial charge in [-0.1, -0.05) is 78.8 Å². The van der Waals surface area contributed by atoms with Crippen molar-refractivity contribution >= 4 is 27.7 Å². The molecule has 0 heterocycles. The molecule has 1 aromatic carbocycles. The number of ketones is 1. The second-order valence-electron chi connectivity index (χ2n) is 11.3. The third-order valence-corrected chi connectivity index (χ3v) is 15.3. The van der Waals surface area contributed by atoms with Crippen LogP contribution in [0.2, 0.25) is 16.6 Å². The van der Waals surface area contributed by atoms with Gasteiger partial charge in [-0.25, -0.2) is 0 Å². The zero-order valence-corrected chi connectivity index (χ0v) is 28.0. The molecule has 2 atom stereocenters. The van der Waals surface area contributed by atoms with Crippen molar-refractivity contribution in [1.29, 1.82) is 0 Å². The molecule has 0 radical (unpaired) electrons. The first kappa shape index (κ1) is 36.7.